The number of hydrogen-bond acceptors (Lipinski definition) is 16. The first-order valence-corrected chi connectivity index (χ1v) is 23.9. The van der Waals surface area contributed by atoms with Crippen LogP contribution in [-0.2, 0) is 22.5 Å². The molecule has 0 saturated carbocycles. The topological polar surface area (TPSA) is 208 Å². The van der Waals surface area contributed by atoms with Crippen molar-refractivity contribution in [2.45, 2.75) is 58.0 Å². The maximum Gasteiger partial charge on any atom is 0.258 e. The molecule has 0 radical (unpaired) electrons. The molecule has 4 aliphatic heterocycles. The first-order chi connectivity index (χ1) is 32.6. The van der Waals surface area contributed by atoms with Crippen LogP contribution in [0.3, 0.4) is 0 Å². The highest BCUT2D eigenvalue weighted by Gasteiger charge is 2.38. The summed E-state index contributed by atoms with van der Waals surface area (Å²) in [5.74, 6) is 2.17. The number of rotatable bonds is 11. The summed E-state index contributed by atoms with van der Waals surface area (Å²) >= 11 is 1.73. The minimum atomic E-state index is -0.450. The quantitative estimate of drug-likeness (QED) is 0.159. The number of methoxy groups -OCH3 is 1. The Bertz CT molecular complexity index is 2790. The van der Waals surface area contributed by atoms with Gasteiger partial charge in [0.2, 0.25) is 23.7 Å². The average molecular weight is 928 g/mol. The number of carbonyl (C=O) groups excluding carboxylic acids is 2. The van der Waals surface area contributed by atoms with E-state index in [1.807, 2.05) is 17.0 Å². The van der Waals surface area contributed by atoms with Gasteiger partial charge < -0.3 is 35.6 Å². The van der Waals surface area contributed by atoms with Crippen molar-refractivity contribution >= 4 is 51.1 Å². The number of hydrogen-bond donors (Lipinski definition) is 2. The normalized spacial score (nSPS) is 18.7. The fourth-order valence-corrected chi connectivity index (χ4v) is 11.3. The lowest BCUT2D eigenvalue weighted by Crippen LogP contribution is -2.46. The van der Waals surface area contributed by atoms with Gasteiger partial charge in [0.15, 0.2) is 11.6 Å². The number of morpholine rings is 1. The minimum Gasteiger partial charge on any atom is -0.481 e. The van der Waals surface area contributed by atoms with E-state index in [1.165, 1.54) is 24.1 Å². The van der Waals surface area contributed by atoms with Crippen molar-refractivity contribution in [3.8, 4) is 28.5 Å². The lowest BCUT2D eigenvalue weighted by molar-refractivity contribution is -0.138. The van der Waals surface area contributed by atoms with Gasteiger partial charge in [0.05, 0.1) is 64.8 Å². The van der Waals surface area contributed by atoms with Crippen LogP contribution in [0.15, 0.2) is 54.9 Å². The number of piperidine rings is 2. The van der Waals surface area contributed by atoms with Crippen molar-refractivity contribution in [1.82, 2.24) is 49.6 Å². The number of fused-ring (bicyclic) bond motifs is 2. The second-order valence-electron chi connectivity index (χ2n) is 17.8. The second kappa shape index (κ2) is 19.0. The number of halogens is 1. The van der Waals surface area contributed by atoms with Crippen LogP contribution < -0.4 is 21.1 Å². The van der Waals surface area contributed by atoms with E-state index in [-0.39, 0.29) is 29.6 Å². The molecule has 19 heteroatoms. The lowest BCUT2D eigenvalue weighted by Gasteiger charge is -2.40. The van der Waals surface area contributed by atoms with Crippen molar-refractivity contribution in [2.75, 3.05) is 82.5 Å². The Morgan fingerprint density at radius 3 is 2.45 bits per heavy atom. The molecule has 1 aromatic carbocycles. The number of nitrogens with two attached hydrogens (primary N) is 2. The number of nitrogens with zero attached hydrogens (tertiary/aromatic N) is 11. The Morgan fingerprint density at radius 2 is 1.69 bits per heavy atom. The fraction of sp³-hybridized carbons (Fsp3) is 0.438. The van der Waals surface area contributed by atoms with E-state index in [4.69, 9.17) is 30.9 Å². The maximum atomic E-state index is 14.9. The van der Waals surface area contributed by atoms with Crippen LogP contribution in [0.4, 0.5) is 22.1 Å². The summed E-state index contributed by atoms with van der Waals surface area (Å²) in [6.45, 7) is 8.90. The molecule has 4 N–H and O–H groups in total. The van der Waals surface area contributed by atoms with E-state index in [2.05, 4.69) is 45.7 Å². The number of ether oxygens (including phenoxy) is 2. The average Bonchev–Trinajstić information content (AvgIpc) is 3.76. The third kappa shape index (κ3) is 9.31. The van der Waals surface area contributed by atoms with E-state index >= 15 is 0 Å². The van der Waals surface area contributed by atoms with E-state index < -0.39 is 11.9 Å². The number of anilines is 3. The lowest BCUT2D eigenvalue weighted by atomic mass is 9.87. The van der Waals surface area contributed by atoms with Crippen molar-refractivity contribution < 1.29 is 23.5 Å². The zero-order valence-electron chi connectivity index (χ0n) is 37.7. The molecule has 0 aliphatic carbocycles. The van der Waals surface area contributed by atoms with E-state index in [1.54, 1.807) is 42.8 Å². The third-order valence-electron chi connectivity index (χ3n) is 13.7. The molecule has 3 saturated heterocycles. The largest absolute Gasteiger partial charge is 0.481 e. The van der Waals surface area contributed by atoms with E-state index in [0.717, 1.165) is 86.4 Å². The molecular weight excluding hydrogens is 874 g/mol. The van der Waals surface area contributed by atoms with Gasteiger partial charge in [0.25, 0.3) is 5.91 Å². The molecule has 0 unspecified atom stereocenters. The zero-order chi connectivity index (χ0) is 46.2. The summed E-state index contributed by atoms with van der Waals surface area (Å²) in [5.41, 5.74) is 16.9. The molecule has 0 bridgehead atoms. The number of benzene rings is 1. The molecule has 10 rings (SSSR count). The molecule has 2 amide bonds. The molecule has 4 aliphatic rings. The summed E-state index contributed by atoms with van der Waals surface area (Å²) in [6, 6.07) is 11.7. The number of aryl methyl sites for hydroxylation is 1. The van der Waals surface area contributed by atoms with Gasteiger partial charge in [-0.1, -0.05) is 12.1 Å². The number of likely N-dealkylation sites (tertiary alicyclic amines) is 2. The third-order valence-corrected chi connectivity index (χ3v) is 14.8. The van der Waals surface area contributed by atoms with Crippen LogP contribution in [0.25, 0.3) is 32.9 Å². The predicted molar refractivity (Wildman–Crippen MR) is 253 cm³/mol. The SMILES string of the molecule is COc1cccc(-c2cc(F)ccc2[C@H]2Cc3nc(N)nc(C)c3C(=O)N2CCC2CCN(C(=O)C3CCN(Cc4cc5nc(-c6cnc(N)nc6)nc(N6CCOCC6)c5s4)CC3)CC2)n1. The number of carbonyl (C=O) groups is 2. The Hall–Kier alpha value is -6.44. The van der Waals surface area contributed by atoms with E-state index in [0.29, 0.717) is 90.7 Å². The number of amides is 2. The van der Waals surface area contributed by atoms with Crippen molar-refractivity contribution in [3.05, 3.63) is 88.1 Å². The summed E-state index contributed by atoms with van der Waals surface area (Å²) in [5, 5.41) is 0. The second-order valence-corrected chi connectivity index (χ2v) is 19.0. The minimum absolute atomic E-state index is 0.00560. The molecule has 9 heterocycles. The van der Waals surface area contributed by atoms with Crippen molar-refractivity contribution in [1.29, 1.82) is 0 Å². The van der Waals surface area contributed by atoms with Crippen LogP contribution in [0.5, 0.6) is 5.88 Å². The van der Waals surface area contributed by atoms with Gasteiger partial charge in [-0.05, 0) is 87.9 Å². The zero-order valence-corrected chi connectivity index (χ0v) is 38.6. The van der Waals surface area contributed by atoms with Gasteiger partial charge in [0, 0.05) is 80.5 Å². The summed E-state index contributed by atoms with van der Waals surface area (Å²) in [4.78, 5) is 70.0. The Balaban J connectivity index is 0.773. The van der Waals surface area contributed by atoms with Gasteiger partial charge in [0.1, 0.15) is 5.82 Å². The molecule has 3 fully saturated rings. The standard InChI is InChI=1S/C48H54FN13O4S/c1-28-41-37(57-48(51)54-28)24-39(34-7-6-32(49)22-35(34)36-4-3-5-40(55-36)65-2)62(46(41)64)17-10-29-8-15-61(16-9-29)45(63)30-11-13-59(14-12-30)27-33-23-38-42(67-33)44(60-18-20-66-21-19-60)58-43(56-38)31-25-52-47(50)53-26-31/h3-7,22-23,25-26,29-30,39H,8-21,24,27H2,1-2H3,(H2,50,52,53)(H2,51,54,57)/t39-/m1/s1. The Kier molecular flexibility index (Phi) is 12.6. The van der Waals surface area contributed by atoms with E-state index in [9.17, 15) is 14.0 Å². The highest BCUT2D eigenvalue weighted by molar-refractivity contribution is 7.19. The van der Waals surface area contributed by atoms with Crippen LogP contribution in [0, 0.1) is 24.6 Å². The van der Waals surface area contributed by atoms with Gasteiger partial charge >= 0.3 is 0 Å². The monoisotopic (exact) mass is 927 g/mol. The number of nitrogen functional groups attached to an aromatic ring is 2. The maximum absolute atomic E-state index is 14.9. The Labute approximate surface area is 391 Å². The molecule has 348 valence electrons. The van der Waals surface area contributed by atoms with Crippen LogP contribution in [-0.4, -0.2) is 128 Å². The number of aromatic nitrogens is 7. The van der Waals surface area contributed by atoms with Crippen LogP contribution in [0.2, 0.25) is 0 Å². The van der Waals surface area contributed by atoms with Gasteiger partial charge in [-0.3, -0.25) is 14.5 Å². The molecule has 17 nitrogen and oxygen atoms in total. The van der Waals surface area contributed by atoms with Crippen LogP contribution >= 0.6 is 11.3 Å². The molecular formula is C48H54FN13O4S. The van der Waals surface area contributed by atoms with Gasteiger partial charge in [-0.25, -0.2) is 39.3 Å². The molecule has 67 heavy (non-hydrogen) atoms. The first kappa shape index (κ1) is 44.4. The highest BCUT2D eigenvalue weighted by atomic mass is 32.1. The summed E-state index contributed by atoms with van der Waals surface area (Å²) < 4.78 is 27.0. The summed E-state index contributed by atoms with van der Waals surface area (Å²) in [7, 11) is 1.54. The van der Waals surface area contributed by atoms with Crippen molar-refractivity contribution in [2.24, 2.45) is 11.8 Å². The molecule has 0 spiro atoms. The molecule has 1 atom stereocenters. The Morgan fingerprint density at radius 1 is 0.910 bits per heavy atom. The smallest absolute Gasteiger partial charge is 0.258 e. The van der Waals surface area contributed by atoms with Crippen LogP contribution in [0.1, 0.15) is 70.3 Å². The first-order valence-electron chi connectivity index (χ1n) is 23.1. The van der Waals surface area contributed by atoms with Gasteiger partial charge in [-0.2, -0.15) is 0 Å². The summed E-state index contributed by atoms with van der Waals surface area (Å²) in [6.07, 6.45) is 7.81. The number of pyridine rings is 1. The number of thiophene rings is 1. The van der Waals surface area contributed by atoms with Crippen molar-refractivity contribution in [3.63, 3.8) is 0 Å². The fourth-order valence-electron chi connectivity index (χ4n) is 10.1. The van der Waals surface area contributed by atoms with Gasteiger partial charge in [-0.15, -0.1) is 11.3 Å². The molecule has 5 aromatic heterocycles. The predicted octanol–water partition coefficient (Wildman–Crippen LogP) is 5.74. The highest BCUT2D eigenvalue weighted by Crippen LogP contribution is 2.40. The molecule has 6 aromatic rings.